The summed E-state index contributed by atoms with van der Waals surface area (Å²) in [5.41, 5.74) is 4.19. The highest BCUT2D eigenvalue weighted by Crippen LogP contribution is 2.22. The first-order chi connectivity index (χ1) is 15.1. The minimum Gasteiger partial charge on any atom is -0.280 e. The minimum atomic E-state index is -0.844. The molecule has 1 aromatic heterocycles. The number of amides is 1. The quantitative estimate of drug-likeness (QED) is 0.376. The number of hydrazone groups is 1. The average Bonchev–Trinajstić information content (AvgIpc) is 2.80. The number of fused-ring (bicyclic) bond motifs is 1. The summed E-state index contributed by atoms with van der Waals surface area (Å²) in [6, 6.07) is 22.7. The molecule has 1 atom stereocenters. The van der Waals surface area contributed by atoms with Crippen molar-refractivity contribution in [2.75, 3.05) is 0 Å². The van der Waals surface area contributed by atoms with E-state index in [1.165, 1.54) is 10.8 Å². The first-order valence-electron chi connectivity index (χ1n) is 9.70. The highest BCUT2D eigenvalue weighted by molar-refractivity contribution is 6.33. The van der Waals surface area contributed by atoms with Crippen molar-refractivity contribution in [1.82, 2.24) is 15.0 Å². The van der Waals surface area contributed by atoms with Gasteiger partial charge < -0.3 is 0 Å². The van der Waals surface area contributed by atoms with Crippen LogP contribution < -0.4 is 11.0 Å². The van der Waals surface area contributed by atoms with Crippen LogP contribution >= 0.6 is 11.6 Å². The maximum absolute atomic E-state index is 13.3. The second-order valence-corrected chi connectivity index (χ2v) is 7.33. The van der Waals surface area contributed by atoms with Gasteiger partial charge in [0, 0.05) is 16.1 Å². The number of hydrogen-bond donors (Lipinski definition) is 1. The fraction of sp³-hybridized carbons (Fsp3) is 0.0833. The summed E-state index contributed by atoms with van der Waals surface area (Å²) in [5.74, 6) is -0.0262. The zero-order valence-corrected chi connectivity index (χ0v) is 17.5. The number of nitrogens with one attached hydrogen (secondary N) is 1. The number of carbonyl (C=O) groups is 1. The average molecular weight is 431 g/mol. The third-order valence-electron chi connectivity index (χ3n) is 4.89. The van der Waals surface area contributed by atoms with Gasteiger partial charge in [-0.15, -0.1) is 0 Å². The van der Waals surface area contributed by atoms with Gasteiger partial charge in [-0.2, -0.15) is 5.10 Å². The Labute approximate surface area is 183 Å². The van der Waals surface area contributed by atoms with Crippen LogP contribution in [0.15, 0.2) is 88.8 Å². The molecule has 0 saturated heterocycles. The Morgan fingerprint density at radius 3 is 2.48 bits per heavy atom. The molecule has 0 radical (unpaired) electrons. The number of rotatable bonds is 5. The van der Waals surface area contributed by atoms with E-state index in [2.05, 4.69) is 15.5 Å². The molecule has 154 valence electrons. The zero-order chi connectivity index (χ0) is 21.8. The monoisotopic (exact) mass is 430 g/mol. The third kappa shape index (κ3) is 4.25. The van der Waals surface area contributed by atoms with E-state index < -0.39 is 11.9 Å². The van der Waals surface area contributed by atoms with E-state index in [4.69, 9.17) is 11.6 Å². The van der Waals surface area contributed by atoms with Crippen molar-refractivity contribution >= 4 is 34.6 Å². The lowest BCUT2D eigenvalue weighted by Gasteiger charge is -2.18. The van der Waals surface area contributed by atoms with Gasteiger partial charge in [-0.05, 0) is 25.1 Å². The molecule has 1 heterocycles. The Balaban J connectivity index is 1.72. The van der Waals surface area contributed by atoms with E-state index in [9.17, 15) is 9.59 Å². The van der Waals surface area contributed by atoms with Gasteiger partial charge in [0.2, 0.25) is 0 Å². The van der Waals surface area contributed by atoms with Crippen LogP contribution in [0, 0.1) is 0 Å². The fourth-order valence-corrected chi connectivity index (χ4v) is 3.44. The van der Waals surface area contributed by atoms with Crippen LogP contribution in [-0.2, 0) is 4.79 Å². The Morgan fingerprint density at radius 2 is 1.71 bits per heavy atom. The molecule has 31 heavy (non-hydrogen) atoms. The standard InChI is InChI=1S/C24H19ClN4O2/c1-16(23(30)28-26-15-18-11-5-7-13-20(18)25)29-22(17-9-3-2-4-10-17)27-21-14-8-6-12-19(21)24(29)31/h2-16H,1H3,(H,28,30)/b26-15+. The van der Waals surface area contributed by atoms with E-state index in [-0.39, 0.29) is 5.56 Å². The lowest BCUT2D eigenvalue weighted by molar-refractivity contribution is -0.123. The van der Waals surface area contributed by atoms with Gasteiger partial charge in [-0.25, -0.2) is 10.4 Å². The van der Waals surface area contributed by atoms with Gasteiger partial charge in [0.1, 0.15) is 11.9 Å². The largest absolute Gasteiger partial charge is 0.280 e. The SMILES string of the molecule is CC(C(=O)N/N=C/c1ccccc1Cl)n1c(-c2ccccc2)nc2ccccc2c1=O. The highest BCUT2D eigenvalue weighted by atomic mass is 35.5. The maximum atomic E-state index is 13.3. The van der Waals surface area contributed by atoms with Gasteiger partial charge in [0.05, 0.1) is 17.1 Å². The van der Waals surface area contributed by atoms with Gasteiger partial charge in [-0.3, -0.25) is 14.2 Å². The number of hydrogen-bond acceptors (Lipinski definition) is 4. The maximum Gasteiger partial charge on any atom is 0.263 e. The molecule has 0 spiro atoms. The molecule has 4 rings (SSSR count). The minimum absolute atomic E-state index is 0.290. The van der Waals surface area contributed by atoms with Crippen molar-refractivity contribution in [1.29, 1.82) is 0 Å². The summed E-state index contributed by atoms with van der Waals surface area (Å²) >= 11 is 6.11. The van der Waals surface area contributed by atoms with Crippen LogP contribution in [0.4, 0.5) is 0 Å². The van der Waals surface area contributed by atoms with Crippen molar-refractivity contribution in [3.63, 3.8) is 0 Å². The van der Waals surface area contributed by atoms with Crippen LogP contribution in [0.1, 0.15) is 18.5 Å². The molecule has 1 N–H and O–H groups in total. The molecular formula is C24H19ClN4O2. The Hall–Kier alpha value is -3.77. The molecule has 0 aliphatic heterocycles. The molecular weight excluding hydrogens is 412 g/mol. The summed E-state index contributed by atoms with van der Waals surface area (Å²) in [5, 5.41) is 4.97. The molecule has 6 nitrogen and oxygen atoms in total. The van der Waals surface area contributed by atoms with E-state index >= 15 is 0 Å². The summed E-state index contributed by atoms with van der Waals surface area (Å²) in [6.45, 7) is 1.64. The van der Waals surface area contributed by atoms with E-state index in [1.54, 1.807) is 37.3 Å². The molecule has 7 heteroatoms. The summed E-state index contributed by atoms with van der Waals surface area (Å²) in [6.07, 6.45) is 1.46. The van der Waals surface area contributed by atoms with Crippen molar-refractivity contribution < 1.29 is 4.79 Å². The summed E-state index contributed by atoms with van der Waals surface area (Å²) in [7, 11) is 0. The van der Waals surface area contributed by atoms with Crippen LogP contribution in [0.2, 0.25) is 5.02 Å². The van der Waals surface area contributed by atoms with Gasteiger partial charge in [-0.1, -0.05) is 72.3 Å². The van der Waals surface area contributed by atoms with E-state index in [0.717, 1.165) is 5.56 Å². The molecule has 3 aromatic carbocycles. The van der Waals surface area contributed by atoms with Crippen LogP contribution in [-0.4, -0.2) is 21.7 Å². The van der Waals surface area contributed by atoms with Gasteiger partial charge >= 0.3 is 0 Å². The molecule has 0 bridgehead atoms. The number of benzene rings is 3. The highest BCUT2D eigenvalue weighted by Gasteiger charge is 2.22. The predicted molar refractivity (Wildman–Crippen MR) is 123 cm³/mol. The van der Waals surface area contributed by atoms with E-state index in [0.29, 0.717) is 27.3 Å². The van der Waals surface area contributed by atoms with Gasteiger partial charge in [0.25, 0.3) is 11.5 Å². The number of carbonyl (C=O) groups excluding carboxylic acids is 1. The zero-order valence-electron chi connectivity index (χ0n) is 16.7. The topological polar surface area (TPSA) is 76.3 Å². The van der Waals surface area contributed by atoms with Crippen molar-refractivity contribution in [3.05, 3.63) is 99.8 Å². The molecule has 0 fully saturated rings. The van der Waals surface area contributed by atoms with Crippen LogP contribution in [0.25, 0.3) is 22.3 Å². The molecule has 0 aliphatic carbocycles. The summed E-state index contributed by atoms with van der Waals surface area (Å²) in [4.78, 5) is 30.8. The van der Waals surface area contributed by atoms with E-state index in [1.807, 2.05) is 48.5 Å². The Bertz CT molecular complexity index is 1330. The first-order valence-corrected chi connectivity index (χ1v) is 10.1. The molecule has 1 unspecified atom stereocenters. The van der Waals surface area contributed by atoms with Crippen molar-refractivity contribution in [3.8, 4) is 11.4 Å². The predicted octanol–water partition coefficient (Wildman–Crippen LogP) is 4.43. The number of aromatic nitrogens is 2. The second kappa shape index (κ2) is 8.93. The Morgan fingerprint density at radius 1 is 1.03 bits per heavy atom. The number of halogens is 1. The number of para-hydroxylation sites is 1. The normalized spacial score (nSPS) is 12.2. The lowest BCUT2D eigenvalue weighted by Crippen LogP contribution is -2.35. The lowest BCUT2D eigenvalue weighted by atomic mass is 10.1. The molecule has 0 saturated carbocycles. The van der Waals surface area contributed by atoms with Crippen molar-refractivity contribution in [2.24, 2.45) is 5.10 Å². The Kier molecular flexibility index (Phi) is 5.91. The van der Waals surface area contributed by atoms with Gasteiger partial charge in [0.15, 0.2) is 0 Å². The van der Waals surface area contributed by atoms with Crippen molar-refractivity contribution in [2.45, 2.75) is 13.0 Å². The smallest absolute Gasteiger partial charge is 0.263 e. The molecule has 4 aromatic rings. The molecule has 1 amide bonds. The summed E-state index contributed by atoms with van der Waals surface area (Å²) < 4.78 is 1.40. The fourth-order valence-electron chi connectivity index (χ4n) is 3.25. The first kappa shape index (κ1) is 20.5. The van der Waals surface area contributed by atoms with Crippen LogP contribution in [0.3, 0.4) is 0 Å². The second-order valence-electron chi connectivity index (χ2n) is 6.93. The van der Waals surface area contributed by atoms with Crippen LogP contribution in [0.5, 0.6) is 0 Å². The third-order valence-corrected chi connectivity index (χ3v) is 5.23. The molecule has 0 aliphatic rings. The number of nitrogens with zero attached hydrogens (tertiary/aromatic N) is 3.